The predicted molar refractivity (Wildman–Crippen MR) is 49.6 cm³/mol. The third-order valence-electron chi connectivity index (χ3n) is 1.63. The van der Waals surface area contributed by atoms with Gasteiger partial charge in [0.15, 0.2) is 0 Å². The second-order valence-corrected chi connectivity index (χ2v) is 2.84. The Morgan fingerprint density at radius 3 is 2.50 bits per heavy atom. The summed E-state index contributed by atoms with van der Waals surface area (Å²) in [5.74, 6) is -1.00. The van der Waals surface area contributed by atoms with Crippen LogP contribution in [0.4, 0.5) is 0 Å². The van der Waals surface area contributed by atoms with E-state index in [-0.39, 0.29) is 16.9 Å². The van der Waals surface area contributed by atoms with Crippen molar-refractivity contribution in [3.8, 4) is 5.75 Å². The standard InChI is InChI=1S/C9H7ClO4/c1-14-9(13)6-3-2-5(8(10)12)4-7(6)11/h2-4,11H,1H3. The molecule has 0 spiro atoms. The van der Waals surface area contributed by atoms with E-state index in [2.05, 4.69) is 4.74 Å². The summed E-state index contributed by atoms with van der Waals surface area (Å²) in [6.07, 6.45) is 0. The number of esters is 1. The molecule has 74 valence electrons. The van der Waals surface area contributed by atoms with Crippen LogP contribution >= 0.6 is 11.6 Å². The third kappa shape index (κ3) is 2.03. The van der Waals surface area contributed by atoms with Crippen molar-refractivity contribution < 1.29 is 19.4 Å². The molecule has 1 aromatic carbocycles. The average Bonchev–Trinajstić information content (AvgIpc) is 2.16. The number of methoxy groups -OCH3 is 1. The third-order valence-corrected chi connectivity index (χ3v) is 1.85. The van der Waals surface area contributed by atoms with Crippen molar-refractivity contribution in [2.24, 2.45) is 0 Å². The molecule has 0 aliphatic rings. The highest BCUT2D eigenvalue weighted by Crippen LogP contribution is 2.20. The number of phenolic OH excluding ortho intramolecular Hbond substituents is 1. The van der Waals surface area contributed by atoms with E-state index in [1.807, 2.05) is 0 Å². The van der Waals surface area contributed by atoms with Gasteiger partial charge in [0.25, 0.3) is 5.24 Å². The van der Waals surface area contributed by atoms with Crippen molar-refractivity contribution in [1.82, 2.24) is 0 Å². The average molecular weight is 215 g/mol. The van der Waals surface area contributed by atoms with Crippen LogP contribution in [0.3, 0.4) is 0 Å². The van der Waals surface area contributed by atoms with Crippen molar-refractivity contribution in [2.45, 2.75) is 0 Å². The van der Waals surface area contributed by atoms with Crippen LogP contribution in [0.2, 0.25) is 0 Å². The number of halogens is 1. The smallest absolute Gasteiger partial charge is 0.341 e. The van der Waals surface area contributed by atoms with Crippen LogP contribution in [-0.2, 0) is 4.74 Å². The van der Waals surface area contributed by atoms with Gasteiger partial charge in [-0.05, 0) is 29.8 Å². The number of hydrogen-bond acceptors (Lipinski definition) is 4. The number of rotatable bonds is 2. The molecule has 0 fully saturated rings. The Kier molecular flexibility index (Phi) is 3.09. The van der Waals surface area contributed by atoms with E-state index in [4.69, 9.17) is 11.6 Å². The Labute approximate surface area is 85.1 Å². The quantitative estimate of drug-likeness (QED) is 0.599. The molecule has 0 radical (unpaired) electrons. The largest absolute Gasteiger partial charge is 0.507 e. The molecule has 0 saturated carbocycles. The van der Waals surface area contributed by atoms with Gasteiger partial charge in [-0.3, -0.25) is 4.79 Å². The number of benzene rings is 1. The molecule has 1 aromatic rings. The molecule has 4 nitrogen and oxygen atoms in total. The molecular formula is C9H7ClO4. The zero-order valence-corrected chi connectivity index (χ0v) is 8.04. The summed E-state index contributed by atoms with van der Waals surface area (Å²) >= 11 is 5.17. The number of phenols is 1. The fraction of sp³-hybridized carbons (Fsp3) is 0.111. The maximum atomic E-state index is 11.0. The lowest BCUT2D eigenvalue weighted by atomic mass is 10.1. The normalized spacial score (nSPS) is 9.57. The van der Waals surface area contributed by atoms with Gasteiger partial charge < -0.3 is 9.84 Å². The maximum absolute atomic E-state index is 11.0. The molecule has 0 aliphatic heterocycles. The van der Waals surface area contributed by atoms with E-state index in [9.17, 15) is 14.7 Å². The van der Waals surface area contributed by atoms with Crippen LogP contribution in [0.15, 0.2) is 18.2 Å². The molecule has 0 bridgehead atoms. The van der Waals surface area contributed by atoms with Gasteiger partial charge in [0.1, 0.15) is 11.3 Å². The molecule has 0 atom stereocenters. The first kappa shape index (κ1) is 10.5. The molecular weight excluding hydrogens is 208 g/mol. The van der Waals surface area contributed by atoms with Gasteiger partial charge in [0.05, 0.1) is 7.11 Å². The van der Waals surface area contributed by atoms with Crippen molar-refractivity contribution in [3.63, 3.8) is 0 Å². The molecule has 0 aliphatic carbocycles. The van der Waals surface area contributed by atoms with Gasteiger partial charge in [0, 0.05) is 5.56 Å². The monoisotopic (exact) mass is 214 g/mol. The molecule has 0 heterocycles. The minimum Gasteiger partial charge on any atom is -0.507 e. The van der Waals surface area contributed by atoms with Gasteiger partial charge in [-0.1, -0.05) is 0 Å². The number of hydrogen-bond donors (Lipinski definition) is 1. The first-order valence-corrected chi connectivity index (χ1v) is 4.05. The minimum absolute atomic E-state index is 0.00540. The molecule has 5 heteroatoms. The first-order valence-electron chi connectivity index (χ1n) is 3.67. The Bertz CT molecular complexity index is 386. The number of ether oxygens (including phenoxy) is 1. The zero-order valence-electron chi connectivity index (χ0n) is 7.28. The molecule has 0 unspecified atom stereocenters. The highest BCUT2D eigenvalue weighted by molar-refractivity contribution is 6.67. The molecule has 0 amide bonds. The van der Waals surface area contributed by atoms with E-state index in [0.29, 0.717) is 0 Å². The van der Waals surface area contributed by atoms with E-state index in [1.165, 1.54) is 19.2 Å². The molecule has 0 aromatic heterocycles. The van der Waals surface area contributed by atoms with Gasteiger partial charge in [-0.15, -0.1) is 0 Å². The minimum atomic E-state index is -0.697. The van der Waals surface area contributed by atoms with Crippen LogP contribution < -0.4 is 0 Å². The number of aromatic hydroxyl groups is 1. The Hall–Kier alpha value is -1.55. The number of carbonyl (C=O) groups excluding carboxylic acids is 2. The summed E-state index contributed by atoms with van der Waals surface area (Å²) in [6.45, 7) is 0. The second-order valence-electron chi connectivity index (χ2n) is 2.50. The van der Waals surface area contributed by atoms with Crippen molar-refractivity contribution in [1.29, 1.82) is 0 Å². The van der Waals surface area contributed by atoms with Crippen molar-refractivity contribution in [3.05, 3.63) is 29.3 Å². The summed E-state index contributed by atoms with van der Waals surface area (Å²) in [5.41, 5.74) is 0.117. The van der Waals surface area contributed by atoms with Gasteiger partial charge in [-0.2, -0.15) is 0 Å². The Morgan fingerprint density at radius 1 is 1.43 bits per heavy atom. The summed E-state index contributed by atoms with van der Waals surface area (Å²) in [6, 6.07) is 3.72. The molecule has 1 rings (SSSR count). The number of carbonyl (C=O) groups is 2. The Balaban J connectivity index is 3.14. The summed E-state index contributed by atoms with van der Waals surface area (Å²) < 4.78 is 4.40. The topological polar surface area (TPSA) is 63.6 Å². The van der Waals surface area contributed by atoms with E-state index >= 15 is 0 Å². The Morgan fingerprint density at radius 2 is 2.07 bits per heavy atom. The summed E-state index contributed by atoms with van der Waals surface area (Å²) in [7, 11) is 1.20. The predicted octanol–water partition coefficient (Wildman–Crippen LogP) is 1.56. The summed E-state index contributed by atoms with van der Waals surface area (Å²) in [4.78, 5) is 21.7. The van der Waals surface area contributed by atoms with Gasteiger partial charge >= 0.3 is 5.97 Å². The van der Waals surface area contributed by atoms with Crippen LogP contribution in [0.25, 0.3) is 0 Å². The van der Waals surface area contributed by atoms with Gasteiger partial charge in [0.2, 0.25) is 0 Å². The van der Waals surface area contributed by atoms with Crippen LogP contribution in [0.1, 0.15) is 20.7 Å². The van der Waals surface area contributed by atoms with E-state index < -0.39 is 11.2 Å². The molecule has 0 saturated heterocycles. The second kappa shape index (κ2) is 4.11. The van der Waals surface area contributed by atoms with Crippen LogP contribution in [-0.4, -0.2) is 23.4 Å². The first-order chi connectivity index (χ1) is 6.56. The zero-order chi connectivity index (χ0) is 10.7. The maximum Gasteiger partial charge on any atom is 0.341 e. The summed E-state index contributed by atoms with van der Waals surface area (Å²) in [5, 5.41) is 8.63. The van der Waals surface area contributed by atoms with E-state index in [1.54, 1.807) is 0 Å². The lowest BCUT2D eigenvalue weighted by molar-refractivity contribution is 0.0597. The molecule has 1 N–H and O–H groups in total. The van der Waals surface area contributed by atoms with Crippen molar-refractivity contribution in [2.75, 3.05) is 7.11 Å². The van der Waals surface area contributed by atoms with Crippen LogP contribution in [0, 0.1) is 0 Å². The van der Waals surface area contributed by atoms with E-state index in [0.717, 1.165) is 6.07 Å². The fourth-order valence-corrected chi connectivity index (χ4v) is 1.05. The van der Waals surface area contributed by atoms with Gasteiger partial charge in [-0.25, -0.2) is 4.79 Å². The van der Waals surface area contributed by atoms with Crippen LogP contribution in [0.5, 0.6) is 5.75 Å². The lowest BCUT2D eigenvalue weighted by Gasteiger charge is -2.02. The van der Waals surface area contributed by atoms with Crippen molar-refractivity contribution >= 4 is 22.8 Å². The lowest BCUT2D eigenvalue weighted by Crippen LogP contribution is -2.02. The SMILES string of the molecule is COC(=O)c1ccc(C(=O)Cl)cc1O. The fourth-order valence-electron chi connectivity index (χ4n) is 0.936. The highest BCUT2D eigenvalue weighted by Gasteiger charge is 2.13. The highest BCUT2D eigenvalue weighted by atomic mass is 35.5. The molecule has 14 heavy (non-hydrogen) atoms.